The van der Waals surface area contributed by atoms with E-state index in [4.69, 9.17) is 15.3 Å². The highest BCUT2D eigenvalue weighted by atomic mass is 35.5. The van der Waals surface area contributed by atoms with Gasteiger partial charge in [-0.15, -0.1) is 19.0 Å². The van der Waals surface area contributed by atoms with Gasteiger partial charge in [0, 0.05) is 0 Å². The number of hydrogen-bond acceptors (Lipinski definition) is 3. The van der Waals surface area contributed by atoms with Gasteiger partial charge in [-0.2, -0.15) is 0 Å². The molecule has 14 heavy (non-hydrogen) atoms. The van der Waals surface area contributed by atoms with Crippen molar-refractivity contribution in [3.05, 3.63) is 35.8 Å². The van der Waals surface area contributed by atoms with Gasteiger partial charge in [0.15, 0.2) is 0 Å². The Bertz CT molecular complexity index is 296. The van der Waals surface area contributed by atoms with E-state index in [1.165, 1.54) is 0 Å². The van der Waals surface area contributed by atoms with E-state index in [0.29, 0.717) is 17.9 Å². The lowest BCUT2D eigenvalue weighted by atomic mass is 10.1. The smallest absolute Gasteiger partial charge is 0.129 e. The molecule has 0 fully saturated rings. The van der Waals surface area contributed by atoms with Crippen LogP contribution < -0.4 is 5.73 Å². The van der Waals surface area contributed by atoms with Gasteiger partial charge in [-0.25, -0.2) is 0 Å². The summed E-state index contributed by atoms with van der Waals surface area (Å²) >= 11 is 0. The monoisotopic (exact) mass is 217 g/mol. The van der Waals surface area contributed by atoms with E-state index in [2.05, 4.69) is 6.58 Å². The molecule has 4 heteroatoms. The molecular formula is C10H16ClNO2. The van der Waals surface area contributed by atoms with Crippen LogP contribution in [-0.2, 0) is 6.61 Å². The Hall–Kier alpha value is -0.770. The molecule has 1 rings (SSSR count). The molecule has 0 aromatic carbocycles. The lowest BCUT2D eigenvalue weighted by molar-refractivity contribution is 0.241. The second-order valence-corrected chi connectivity index (χ2v) is 3.23. The van der Waals surface area contributed by atoms with Crippen molar-refractivity contribution in [1.82, 2.24) is 0 Å². The van der Waals surface area contributed by atoms with Gasteiger partial charge in [-0.1, -0.05) is 5.57 Å². The SMILES string of the molecule is C=C(C)C[C@H](N)c1ccc(CO)o1.Cl. The number of rotatable bonds is 4. The molecule has 0 spiro atoms. The Labute approximate surface area is 90.0 Å². The first-order chi connectivity index (χ1) is 6.13. The zero-order valence-corrected chi connectivity index (χ0v) is 9.01. The quantitative estimate of drug-likeness (QED) is 0.760. The molecule has 3 nitrogen and oxygen atoms in total. The van der Waals surface area contributed by atoms with E-state index in [1.807, 2.05) is 6.92 Å². The third kappa shape index (κ3) is 3.54. The molecule has 1 aromatic heterocycles. The van der Waals surface area contributed by atoms with Gasteiger partial charge in [0.2, 0.25) is 0 Å². The molecule has 1 aromatic rings. The Balaban J connectivity index is 0.00000169. The summed E-state index contributed by atoms with van der Waals surface area (Å²) in [5, 5.41) is 8.76. The van der Waals surface area contributed by atoms with E-state index in [-0.39, 0.29) is 25.1 Å². The van der Waals surface area contributed by atoms with Gasteiger partial charge in [0.1, 0.15) is 18.1 Å². The molecule has 0 radical (unpaired) electrons. The summed E-state index contributed by atoms with van der Waals surface area (Å²) in [5.74, 6) is 1.25. The molecule has 3 N–H and O–H groups in total. The zero-order valence-electron chi connectivity index (χ0n) is 8.19. The largest absolute Gasteiger partial charge is 0.462 e. The summed E-state index contributed by atoms with van der Waals surface area (Å²) < 4.78 is 5.28. The van der Waals surface area contributed by atoms with E-state index in [0.717, 1.165) is 5.57 Å². The third-order valence-electron chi connectivity index (χ3n) is 1.77. The van der Waals surface area contributed by atoms with Crippen LogP contribution in [0.15, 0.2) is 28.7 Å². The van der Waals surface area contributed by atoms with Crippen molar-refractivity contribution in [2.24, 2.45) is 5.73 Å². The van der Waals surface area contributed by atoms with Crippen molar-refractivity contribution >= 4 is 12.4 Å². The van der Waals surface area contributed by atoms with Gasteiger partial charge in [-0.3, -0.25) is 0 Å². The molecule has 0 aliphatic heterocycles. The molecule has 0 saturated carbocycles. The Morgan fingerprint density at radius 2 is 2.29 bits per heavy atom. The Morgan fingerprint density at radius 3 is 2.71 bits per heavy atom. The minimum atomic E-state index is -0.155. The van der Waals surface area contributed by atoms with Crippen molar-refractivity contribution in [2.45, 2.75) is 26.0 Å². The van der Waals surface area contributed by atoms with Crippen LogP contribution in [0.2, 0.25) is 0 Å². The highest BCUT2D eigenvalue weighted by Crippen LogP contribution is 2.19. The first kappa shape index (κ1) is 13.2. The van der Waals surface area contributed by atoms with Gasteiger partial charge >= 0.3 is 0 Å². The van der Waals surface area contributed by atoms with Crippen molar-refractivity contribution in [3.63, 3.8) is 0 Å². The first-order valence-corrected chi connectivity index (χ1v) is 4.23. The first-order valence-electron chi connectivity index (χ1n) is 4.23. The van der Waals surface area contributed by atoms with Crippen LogP contribution in [0.1, 0.15) is 30.9 Å². The van der Waals surface area contributed by atoms with Crippen LogP contribution in [0, 0.1) is 0 Å². The van der Waals surface area contributed by atoms with E-state index >= 15 is 0 Å². The summed E-state index contributed by atoms with van der Waals surface area (Å²) in [6.45, 7) is 5.62. The normalized spacial score (nSPS) is 11.9. The minimum absolute atomic E-state index is 0. The molecule has 0 unspecified atom stereocenters. The lowest BCUT2D eigenvalue weighted by Crippen LogP contribution is -2.09. The number of furan rings is 1. The summed E-state index contributed by atoms with van der Waals surface area (Å²) in [6, 6.07) is 3.37. The Kier molecular flexibility index (Phi) is 5.53. The van der Waals surface area contributed by atoms with E-state index in [1.54, 1.807) is 12.1 Å². The van der Waals surface area contributed by atoms with Gasteiger partial charge in [0.05, 0.1) is 6.04 Å². The number of nitrogens with two attached hydrogens (primary N) is 1. The van der Waals surface area contributed by atoms with E-state index < -0.39 is 0 Å². The topological polar surface area (TPSA) is 59.4 Å². The average molecular weight is 218 g/mol. The molecule has 80 valence electrons. The van der Waals surface area contributed by atoms with Gasteiger partial charge in [-0.05, 0) is 25.5 Å². The summed E-state index contributed by atoms with van der Waals surface area (Å²) in [4.78, 5) is 0. The maximum Gasteiger partial charge on any atom is 0.129 e. The van der Waals surface area contributed by atoms with Crippen molar-refractivity contribution in [3.8, 4) is 0 Å². The Morgan fingerprint density at radius 1 is 1.64 bits per heavy atom. The van der Waals surface area contributed by atoms with Crippen LogP contribution in [-0.4, -0.2) is 5.11 Å². The fourth-order valence-corrected chi connectivity index (χ4v) is 1.15. The summed E-state index contributed by atoms with van der Waals surface area (Å²) in [7, 11) is 0. The van der Waals surface area contributed by atoms with Crippen molar-refractivity contribution < 1.29 is 9.52 Å². The third-order valence-corrected chi connectivity index (χ3v) is 1.77. The summed E-state index contributed by atoms with van der Waals surface area (Å²) in [6.07, 6.45) is 0.707. The predicted molar refractivity (Wildman–Crippen MR) is 58.2 cm³/mol. The molecule has 0 saturated heterocycles. The lowest BCUT2D eigenvalue weighted by Gasteiger charge is -2.07. The fourth-order valence-electron chi connectivity index (χ4n) is 1.15. The molecule has 1 atom stereocenters. The molecule has 0 bridgehead atoms. The molecule has 0 amide bonds. The van der Waals surface area contributed by atoms with Crippen LogP contribution in [0.4, 0.5) is 0 Å². The fraction of sp³-hybridized carbons (Fsp3) is 0.400. The molecule has 0 aliphatic carbocycles. The zero-order chi connectivity index (χ0) is 9.84. The van der Waals surface area contributed by atoms with Crippen molar-refractivity contribution in [1.29, 1.82) is 0 Å². The number of halogens is 1. The molecule has 0 aliphatic rings. The number of aliphatic hydroxyl groups is 1. The van der Waals surface area contributed by atoms with Crippen LogP contribution >= 0.6 is 12.4 Å². The van der Waals surface area contributed by atoms with Gasteiger partial charge < -0.3 is 15.3 Å². The summed E-state index contributed by atoms with van der Waals surface area (Å²) in [5.41, 5.74) is 6.85. The standard InChI is InChI=1S/C10H15NO2.ClH/c1-7(2)5-9(11)10-4-3-8(6-12)13-10;/h3-4,9,12H,1,5-6,11H2,2H3;1H/t9-;/m0./s1. The van der Waals surface area contributed by atoms with Crippen LogP contribution in [0.25, 0.3) is 0 Å². The maximum atomic E-state index is 8.76. The highest BCUT2D eigenvalue weighted by molar-refractivity contribution is 5.85. The molecule has 1 heterocycles. The van der Waals surface area contributed by atoms with Crippen LogP contribution in [0.5, 0.6) is 0 Å². The second kappa shape index (κ2) is 5.86. The van der Waals surface area contributed by atoms with E-state index in [9.17, 15) is 0 Å². The minimum Gasteiger partial charge on any atom is -0.462 e. The second-order valence-electron chi connectivity index (χ2n) is 3.23. The van der Waals surface area contributed by atoms with Crippen molar-refractivity contribution in [2.75, 3.05) is 0 Å². The van der Waals surface area contributed by atoms with Gasteiger partial charge in [0.25, 0.3) is 0 Å². The predicted octanol–water partition coefficient (Wildman–Crippen LogP) is 2.16. The van der Waals surface area contributed by atoms with Crippen LogP contribution in [0.3, 0.4) is 0 Å². The number of hydrogen-bond donors (Lipinski definition) is 2. The average Bonchev–Trinajstić information content (AvgIpc) is 2.50. The number of aliphatic hydroxyl groups excluding tert-OH is 1. The highest BCUT2D eigenvalue weighted by Gasteiger charge is 2.10. The molecular weight excluding hydrogens is 202 g/mol. The maximum absolute atomic E-state index is 8.76.